The highest BCUT2D eigenvalue weighted by molar-refractivity contribution is 6.02. The number of hydrogen-bond acceptors (Lipinski definition) is 5. The van der Waals surface area contributed by atoms with Gasteiger partial charge in [0.05, 0.1) is 24.1 Å². The maximum atomic E-state index is 12.8. The highest BCUT2D eigenvalue weighted by atomic mass is 16.5. The lowest BCUT2D eigenvalue weighted by Crippen LogP contribution is -2.17. The highest BCUT2D eigenvalue weighted by Crippen LogP contribution is 2.26. The van der Waals surface area contributed by atoms with Crippen LogP contribution < -0.4 is 10.2 Å². The first-order chi connectivity index (χ1) is 18.1. The number of nitrogens with zero attached hydrogens (tertiary/aromatic N) is 3. The van der Waals surface area contributed by atoms with Crippen LogP contribution in [0.2, 0.25) is 0 Å². The van der Waals surface area contributed by atoms with E-state index in [1.54, 1.807) is 23.0 Å². The van der Waals surface area contributed by atoms with Gasteiger partial charge in [0.25, 0.3) is 5.91 Å². The van der Waals surface area contributed by atoms with Gasteiger partial charge in [-0.1, -0.05) is 49.4 Å². The number of amides is 1. The van der Waals surface area contributed by atoms with Crippen molar-refractivity contribution >= 4 is 22.9 Å². The van der Waals surface area contributed by atoms with E-state index in [4.69, 9.17) is 9.84 Å². The number of fused-ring (bicyclic) bond motifs is 1. The van der Waals surface area contributed by atoms with Gasteiger partial charge in [-0.2, -0.15) is 10.2 Å². The fourth-order valence-electron chi connectivity index (χ4n) is 3.98. The maximum Gasteiger partial charge on any atom is 0.275 e. The number of hydrogen-bond donors (Lipinski definition) is 2. The lowest BCUT2D eigenvalue weighted by molar-refractivity contribution is 0.0952. The average Bonchev–Trinajstić information content (AvgIpc) is 3.36. The lowest BCUT2D eigenvalue weighted by atomic mass is 10.1. The number of benzene rings is 4. The second-order valence-electron chi connectivity index (χ2n) is 8.50. The Balaban J connectivity index is 1.42. The Hall–Kier alpha value is -4.91. The van der Waals surface area contributed by atoms with Crippen LogP contribution in [0.4, 0.5) is 0 Å². The van der Waals surface area contributed by atoms with Crippen LogP contribution in [0.5, 0.6) is 11.5 Å². The third-order valence-electron chi connectivity index (χ3n) is 5.84. The van der Waals surface area contributed by atoms with Crippen molar-refractivity contribution in [3.63, 3.8) is 0 Å². The van der Waals surface area contributed by atoms with Crippen molar-refractivity contribution in [1.29, 1.82) is 0 Å². The second-order valence-corrected chi connectivity index (χ2v) is 8.50. The molecule has 7 heteroatoms. The molecule has 2 N–H and O–H groups in total. The Morgan fingerprint density at radius 1 is 1.00 bits per heavy atom. The summed E-state index contributed by atoms with van der Waals surface area (Å²) in [4.78, 5) is 12.8. The van der Waals surface area contributed by atoms with Gasteiger partial charge >= 0.3 is 0 Å². The number of para-hydroxylation sites is 1. The van der Waals surface area contributed by atoms with Gasteiger partial charge in [-0.15, -0.1) is 0 Å². The summed E-state index contributed by atoms with van der Waals surface area (Å²) < 4.78 is 7.47. The van der Waals surface area contributed by atoms with Crippen molar-refractivity contribution in [2.24, 2.45) is 5.10 Å². The van der Waals surface area contributed by atoms with Gasteiger partial charge < -0.3 is 9.84 Å². The molecular formula is C30H26N4O3. The molecule has 0 aliphatic carbocycles. The Kier molecular flexibility index (Phi) is 6.94. The average molecular weight is 491 g/mol. The first-order valence-corrected chi connectivity index (χ1v) is 12.1. The maximum absolute atomic E-state index is 12.8. The van der Waals surface area contributed by atoms with Crippen LogP contribution in [-0.4, -0.2) is 33.6 Å². The molecule has 5 rings (SSSR count). The van der Waals surface area contributed by atoms with Gasteiger partial charge in [-0.25, -0.2) is 10.1 Å². The van der Waals surface area contributed by atoms with Crippen molar-refractivity contribution in [3.05, 3.63) is 108 Å². The van der Waals surface area contributed by atoms with E-state index < -0.39 is 5.91 Å². The number of carbonyl (C=O) groups is 1. The van der Waals surface area contributed by atoms with Crippen molar-refractivity contribution in [2.45, 2.75) is 13.3 Å². The van der Waals surface area contributed by atoms with Crippen molar-refractivity contribution in [2.75, 3.05) is 6.61 Å². The minimum atomic E-state index is -0.506. The summed E-state index contributed by atoms with van der Waals surface area (Å²) in [5.74, 6) is 0.189. The Labute approximate surface area is 214 Å². The number of aromatic nitrogens is 2. The molecule has 0 fully saturated rings. The number of hydrazone groups is 1. The van der Waals surface area contributed by atoms with Gasteiger partial charge in [0.15, 0.2) is 0 Å². The molecule has 1 amide bonds. The van der Waals surface area contributed by atoms with Crippen LogP contribution in [0, 0.1) is 0 Å². The summed E-state index contributed by atoms with van der Waals surface area (Å²) >= 11 is 0. The molecule has 1 aromatic heterocycles. The number of phenols is 1. The van der Waals surface area contributed by atoms with Crippen LogP contribution >= 0.6 is 0 Å². The largest absolute Gasteiger partial charge is 0.507 e. The molecule has 0 saturated heterocycles. The molecule has 0 bridgehead atoms. The number of ether oxygens (including phenoxy) is 1. The van der Waals surface area contributed by atoms with E-state index in [2.05, 4.69) is 17.5 Å². The number of rotatable bonds is 8. The van der Waals surface area contributed by atoms with Gasteiger partial charge in [-0.05, 0) is 65.7 Å². The van der Waals surface area contributed by atoms with Crippen molar-refractivity contribution < 1.29 is 14.6 Å². The van der Waals surface area contributed by atoms with E-state index in [0.717, 1.165) is 34.2 Å². The Morgan fingerprint density at radius 2 is 1.70 bits per heavy atom. The molecule has 0 spiro atoms. The minimum absolute atomic E-state index is 0.102. The zero-order chi connectivity index (χ0) is 25.6. The molecule has 1 heterocycles. The molecule has 0 atom stereocenters. The van der Waals surface area contributed by atoms with Crippen LogP contribution in [0.15, 0.2) is 102 Å². The van der Waals surface area contributed by atoms with E-state index in [1.165, 1.54) is 0 Å². The van der Waals surface area contributed by atoms with Crippen LogP contribution in [-0.2, 0) is 0 Å². The normalized spacial score (nSPS) is 11.2. The number of carbonyl (C=O) groups excluding carboxylic acids is 1. The summed E-state index contributed by atoms with van der Waals surface area (Å²) in [5, 5.41) is 21.0. The molecule has 5 aromatic rings. The van der Waals surface area contributed by atoms with Gasteiger partial charge in [0.1, 0.15) is 17.2 Å². The van der Waals surface area contributed by atoms with Crippen molar-refractivity contribution in [1.82, 2.24) is 15.2 Å². The van der Waals surface area contributed by atoms with Crippen LogP contribution in [0.3, 0.4) is 0 Å². The third-order valence-corrected chi connectivity index (χ3v) is 5.84. The predicted octanol–water partition coefficient (Wildman–Crippen LogP) is 5.95. The highest BCUT2D eigenvalue weighted by Gasteiger charge is 2.14. The first-order valence-electron chi connectivity index (χ1n) is 12.1. The number of nitrogens with one attached hydrogen (secondary N) is 1. The number of aromatic hydroxyl groups is 1. The fourth-order valence-corrected chi connectivity index (χ4v) is 3.98. The fraction of sp³-hybridized carbons (Fsp3) is 0.100. The van der Waals surface area contributed by atoms with E-state index >= 15 is 0 Å². The van der Waals surface area contributed by atoms with E-state index in [0.29, 0.717) is 17.9 Å². The molecule has 4 aromatic carbocycles. The topological polar surface area (TPSA) is 88.7 Å². The Bertz CT molecular complexity index is 1560. The molecule has 37 heavy (non-hydrogen) atoms. The van der Waals surface area contributed by atoms with Gasteiger partial charge in [-0.3, -0.25) is 4.79 Å². The van der Waals surface area contributed by atoms with Crippen LogP contribution in [0.1, 0.15) is 29.3 Å². The standard InChI is InChI=1S/C30H26N4O3/c1-2-16-37-26-14-12-21(13-15-26)29-24(20-34(33-29)25-10-4-3-5-11-25)19-31-32-30(36)27-17-22-8-6-7-9-23(22)18-28(27)35/h3-15,17-20,35H,2,16H2,1H3,(H,32,36)/b31-19-. The zero-order valence-corrected chi connectivity index (χ0v) is 20.3. The molecule has 0 unspecified atom stereocenters. The van der Waals surface area contributed by atoms with Crippen molar-refractivity contribution in [3.8, 4) is 28.4 Å². The lowest BCUT2D eigenvalue weighted by Gasteiger charge is -2.06. The molecule has 0 saturated carbocycles. The second kappa shape index (κ2) is 10.8. The molecule has 0 aliphatic heterocycles. The molecular weight excluding hydrogens is 464 g/mol. The molecule has 0 radical (unpaired) electrons. The third kappa shape index (κ3) is 5.36. The first kappa shape index (κ1) is 23.8. The summed E-state index contributed by atoms with van der Waals surface area (Å²) in [6.07, 6.45) is 4.35. The molecule has 184 valence electrons. The molecule has 7 nitrogen and oxygen atoms in total. The van der Waals surface area contributed by atoms with Crippen LogP contribution in [0.25, 0.3) is 27.7 Å². The summed E-state index contributed by atoms with van der Waals surface area (Å²) in [6.45, 7) is 2.72. The Morgan fingerprint density at radius 3 is 2.43 bits per heavy atom. The molecule has 0 aliphatic rings. The smallest absolute Gasteiger partial charge is 0.275 e. The van der Waals surface area contributed by atoms with Gasteiger partial charge in [0, 0.05) is 17.3 Å². The predicted molar refractivity (Wildman–Crippen MR) is 145 cm³/mol. The summed E-state index contributed by atoms with van der Waals surface area (Å²) in [7, 11) is 0. The van der Waals surface area contributed by atoms with E-state index in [9.17, 15) is 9.90 Å². The summed E-state index contributed by atoms with van der Waals surface area (Å²) in [6, 6.07) is 28.2. The quantitative estimate of drug-likeness (QED) is 0.208. The zero-order valence-electron chi connectivity index (χ0n) is 20.3. The van der Waals surface area contributed by atoms with E-state index in [-0.39, 0.29) is 11.3 Å². The summed E-state index contributed by atoms with van der Waals surface area (Å²) in [5.41, 5.74) is 5.89. The van der Waals surface area contributed by atoms with E-state index in [1.807, 2.05) is 85.1 Å². The number of phenolic OH excluding ortho intramolecular Hbond substituents is 1. The van der Waals surface area contributed by atoms with Gasteiger partial charge in [0.2, 0.25) is 0 Å². The monoisotopic (exact) mass is 490 g/mol. The SMILES string of the molecule is CCCOc1ccc(-c2nn(-c3ccccc3)cc2/C=N\NC(=O)c2cc3ccccc3cc2O)cc1. The minimum Gasteiger partial charge on any atom is -0.507 e.